The third-order valence-corrected chi connectivity index (χ3v) is 16.7. The highest BCUT2D eigenvalue weighted by molar-refractivity contribution is 6.14. The van der Waals surface area contributed by atoms with E-state index in [0.29, 0.717) is 67.8 Å². The van der Waals surface area contributed by atoms with E-state index in [1.54, 1.807) is 107 Å². The first-order chi connectivity index (χ1) is 54.5. The van der Waals surface area contributed by atoms with E-state index in [0.717, 1.165) is 67.5 Å². The summed E-state index contributed by atoms with van der Waals surface area (Å²) in [6.45, 7) is 9.91. The van der Waals surface area contributed by atoms with Crippen LogP contribution in [0.1, 0.15) is 105 Å². The number of aryl methyl sites for hydroxylation is 4. The molecule has 0 aliphatic heterocycles. The zero-order chi connectivity index (χ0) is 79.0. The van der Waals surface area contributed by atoms with Gasteiger partial charge in [-0.1, -0.05) is 133 Å². The summed E-state index contributed by atoms with van der Waals surface area (Å²) in [6.07, 6.45) is 1.29. The van der Waals surface area contributed by atoms with Gasteiger partial charge in [0, 0.05) is 67.4 Å². The molecule has 1 aromatic heterocycles. The summed E-state index contributed by atoms with van der Waals surface area (Å²) in [6, 6.07) is 102. The average molecular weight is 1480 g/mol. The number of carbonyl (C=O) groups excluding carboxylic acids is 3. The predicted octanol–water partition coefficient (Wildman–Crippen LogP) is 21.1. The van der Waals surface area contributed by atoms with E-state index in [-0.39, 0.29) is 23.0 Å². The average Bonchev–Trinajstić information content (AvgIpc) is 0.806. The monoisotopic (exact) mass is 1480 g/mol. The van der Waals surface area contributed by atoms with E-state index in [9.17, 15) is 24.0 Å². The number of ketones is 3. The lowest BCUT2D eigenvalue weighted by Crippen LogP contribution is -2.21. The van der Waals surface area contributed by atoms with Gasteiger partial charge in [-0.05, 0) is 270 Å². The largest absolute Gasteiger partial charge is 0.497 e. The molecule has 0 radical (unpaired) electrons. The van der Waals surface area contributed by atoms with Crippen molar-refractivity contribution in [1.29, 1.82) is 0 Å². The van der Waals surface area contributed by atoms with Gasteiger partial charge in [0.1, 0.15) is 57.4 Å². The molecule has 1 heterocycles. The molecule has 0 atom stereocenters. The normalized spacial score (nSPS) is 10.2. The number of hydrogen-bond donors (Lipinski definition) is 2. The minimum absolute atomic E-state index is 0.0137. The highest BCUT2D eigenvalue weighted by atomic mass is 16.5. The van der Waals surface area contributed by atoms with Crippen molar-refractivity contribution in [2.75, 3.05) is 21.3 Å². The SMILES string of the molecule is CC#Cc1ccc(C(=O)c2ccc(Oc3cccc(C)c3)cc2)cc1.COc1ccc(C(=Nc2c[nH]c(=O)[nH]c2=O)c2ccc(Oc3cccc(C)c3)cc2)cc1.COc1ccc(C(=O)c2ccc(C#Cc3ccccc3)cc2)cc1.COc1cccc(C(=O)c2cccc(Oc3cccc(C)c3)c2)c1.Cc1ccccc1. The van der Waals surface area contributed by atoms with E-state index >= 15 is 0 Å². The third-order valence-electron chi connectivity index (χ3n) is 16.7. The smallest absolute Gasteiger partial charge is 0.325 e. The van der Waals surface area contributed by atoms with Crippen LogP contribution in [0.15, 0.2) is 348 Å². The highest BCUT2D eigenvalue weighted by Gasteiger charge is 2.15. The first kappa shape index (κ1) is 79.7. The van der Waals surface area contributed by atoms with Crippen molar-refractivity contribution in [2.45, 2.75) is 34.6 Å². The van der Waals surface area contributed by atoms with E-state index in [4.69, 9.17) is 28.4 Å². The maximum atomic E-state index is 12.7. The zero-order valence-electron chi connectivity index (χ0n) is 63.2. The van der Waals surface area contributed by atoms with Crippen molar-refractivity contribution >= 4 is 28.7 Å². The first-order valence-corrected chi connectivity index (χ1v) is 35.7. The summed E-state index contributed by atoms with van der Waals surface area (Å²) in [7, 11) is 4.78. The van der Waals surface area contributed by atoms with E-state index in [1.165, 1.54) is 11.8 Å². The molecule has 0 bridgehead atoms. The van der Waals surface area contributed by atoms with Crippen molar-refractivity contribution in [3.05, 3.63) is 438 Å². The van der Waals surface area contributed by atoms with E-state index in [2.05, 4.69) is 57.7 Å². The van der Waals surface area contributed by atoms with Crippen LogP contribution in [0.25, 0.3) is 0 Å². The van der Waals surface area contributed by atoms with Crippen molar-refractivity contribution in [3.8, 4) is 75.4 Å². The number of carbonyl (C=O) groups is 3. The number of aromatic amines is 2. The van der Waals surface area contributed by atoms with Crippen LogP contribution in [0.2, 0.25) is 0 Å². The number of benzene rings is 13. The minimum Gasteiger partial charge on any atom is -0.497 e. The Balaban J connectivity index is 0.000000155. The first-order valence-electron chi connectivity index (χ1n) is 35.7. The standard InChI is InChI=1S/C25H21N3O4.C23H18O2.C22H16O2.C21H18O3.C7H8/c1-16-4-3-5-21(14-16)32-20-12-8-18(9-13-20)23(17-6-10-19(31-2)11-7-17)27-22-15-26-25(30)28-24(22)29;1-3-5-18-8-10-19(11-9-18)23(24)20-12-14-21(15-13-20)25-22-7-4-6-17(2)16-22;1-24-21-15-13-20(14-16-21)22(23)19-11-9-18(10-12-19)8-7-17-5-3-2-4-6-17;1-15-6-3-10-19(12-15)24-20-11-5-8-17(14-20)21(22)16-7-4-9-18(13-16)23-2;1-7-5-3-2-4-6-7/h3-15H,1-2H3,(H2,26,28,29,30);4,6-16H,1-2H3;2-6,9-16H,1H3;3-14H,1-2H3;2-6H,1H3. The second-order valence-corrected chi connectivity index (χ2v) is 25.2. The second-order valence-electron chi connectivity index (χ2n) is 25.2. The molecule has 14 rings (SSSR count). The molecular formula is C98H81N3O11. The Morgan fingerprint density at radius 1 is 0.304 bits per heavy atom. The fourth-order valence-corrected chi connectivity index (χ4v) is 10.9. The number of aliphatic imine (C=N–C) groups is 1. The molecular weight excluding hydrogens is 1400 g/mol. The molecule has 0 saturated carbocycles. The molecule has 554 valence electrons. The molecule has 0 saturated heterocycles. The Labute approximate surface area is 652 Å². The fraction of sp³-hybridized carbons (Fsp3) is 0.0816. The number of rotatable bonds is 18. The van der Waals surface area contributed by atoms with Gasteiger partial charge in [-0.2, -0.15) is 0 Å². The third kappa shape index (κ3) is 24.3. The number of aromatic nitrogens is 2. The molecule has 14 aromatic rings. The summed E-state index contributed by atoms with van der Waals surface area (Å²) in [4.78, 5) is 70.4. The number of H-pyrrole nitrogens is 2. The van der Waals surface area contributed by atoms with Crippen LogP contribution in [0.5, 0.6) is 51.7 Å². The Bertz CT molecular complexity index is 5760. The van der Waals surface area contributed by atoms with Crippen LogP contribution < -0.4 is 39.7 Å². The van der Waals surface area contributed by atoms with Crippen molar-refractivity contribution in [2.24, 2.45) is 4.99 Å². The summed E-state index contributed by atoms with van der Waals surface area (Å²) in [5.41, 5.74) is 12.2. The van der Waals surface area contributed by atoms with Gasteiger partial charge in [0.2, 0.25) is 0 Å². The van der Waals surface area contributed by atoms with Gasteiger partial charge < -0.3 is 33.4 Å². The molecule has 0 spiro atoms. The number of ether oxygens (including phenoxy) is 6. The van der Waals surface area contributed by atoms with Crippen LogP contribution in [0.4, 0.5) is 5.69 Å². The molecule has 112 heavy (non-hydrogen) atoms. The molecule has 2 N–H and O–H groups in total. The van der Waals surface area contributed by atoms with Gasteiger partial charge in [-0.15, -0.1) is 5.92 Å². The summed E-state index contributed by atoms with van der Waals surface area (Å²) < 4.78 is 33.1. The van der Waals surface area contributed by atoms with Crippen LogP contribution in [-0.2, 0) is 0 Å². The molecule has 13 aromatic carbocycles. The Morgan fingerprint density at radius 3 is 1.01 bits per heavy atom. The van der Waals surface area contributed by atoms with Crippen LogP contribution in [0, 0.1) is 51.4 Å². The van der Waals surface area contributed by atoms with Gasteiger partial charge in [-0.3, -0.25) is 24.2 Å². The van der Waals surface area contributed by atoms with Crippen molar-refractivity contribution < 1.29 is 42.8 Å². The summed E-state index contributed by atoms with van der Waals surface area (Å²) in [5.74, 6) is 18.3. The summed E-state index contributed by atoms with van der Waals surface area (Å²) >= 11 is 0. The second kappa shape index (κ2) is 40.7. The number of hydrogen-bond acceptors (Lipinski definition) is 12. The lowest BCUT2D eigenvalue weighted by molar-refractivity contribution is 0.103. The van der Waals surface area contributed by atoms with Gasteiger partial charge in [0.25, 0.3) is 5.56 Å². The van der Waals surface area contributed by atoms with Crippen molar-refractivity contribution in [3.63, 3.8) is 0 Å². The zero-order valence-corrected chi connectivity index (χ0v) is 63.2. The lowest BCUT2D eigenvalue weighted by Gasteiger charge is -2.11. The Hall–Kier alpha value is -14.9. The van der Waals surface area contributed by atoms with Gasteiger partial charge in [-0.25, -0.2) is 9.79 Å². The Morgan fingerprint density at radius 2 is 0.625 bits per heavy atom. The van der Waals surface area contributed by atoms with Crippen LogP contribution in [-0.4, -0.2) is 54.4 Å². The molecule has 0 amide bonds. The number of methoxy groups -OCH3 is 3. The molecule has 0 unspecified atom stereocenters. The van der Waals surface area contributed by atoms with E-state index < -0.39 is 11.2 Å². The predicted molar refractivity (Wildman–Crippen MR) is 444 cm³/mol. The van der Waals surface area contributed by atoms with Gasteiger partial charge in [0.15, 0.2) is 17.3 Å². The van der Waals surface area contributed by atoms with Gasteiger partial charge >= 0.3 is 5.69 Å². The van der Waals surface area contributed by atoms with Crippen molar-refractivity contribution in [1.82, 2.24) is 9.97 Å². The highest BCUT2D eigenvalue weighted by Crippen LogP contribution is 2.29. The fourth-order valence-electron chi connectivity index (χ4n) is 10.9. The lowest BCUT2D eigenvalue weighted by atomic mass is 10.0. The molecule has 0 aliphatic carbocycles. The van der Waals surface area contributed by atoms with Crippen LogP contribution in [0.3, 0.4) is 0 Å². The van der Waals surface area contributed by atoms with Crippen LogP contribution >= 0.6 is 0 Å². The van der Waals surface area contributed by atoms with Gasteiger partial charge in [0.05, 0.1) is 27.0 Å². The van der Waals surface area contributed by atoms with E-state index in [1.807, 2.05) is 257 Å². The molecule has 0 aliphatic rings. The number of nitrogens with one attached hydrogen (secondary N) is 2. The molecule has 14 nitrogen and oxygen atoms in total. The number of nitrogens with zero attached hydrogens (tertiary/aromatic N) is 1. The summed E-state index contributed by atoms with van der Waals surface area (Å²) in [5, 5.41) is 0. The molecule has 14 heteroatoms. The Kier molecular flexibility index (Phi) is 29.0. The topological polar surface area (TPSA) is 185 Å². The maximum Gasteiger partial charge on any atom is 0.325 e. The maximum absolute atomic E-state index is 12.7. The quantitative estimate of drug-likeness (QED) is 0.0473. The minimum atomic E-state index is -0.586. The molecule has 0 fully saturated rings.